The lowest BCUT2D eigenvalue weighted by Gasteiger charge is -2.35. The Kier molecular flexibility index (Phi) is 7.99. The third-order valence-corrected chi connectivity index (χ3v) is 8.03. The molecule has 0 fully saturated rings. The lowest BCUT2D eigenvalue weighted by molar-refractivity contribution is 0.155. The van der Waals surface area contributed by atoms with Crippen LogP contribution in [0.25, 0.3) is 0 Å². The van der Waals surface area contributed by atoms with Gasteiger partial charge in [0, 0.05) is 48.3 Å². The number of aryl methyl sites for hydroxylation is 2. The highest BCUT2D eigenvalue weighted by atomic mass is 32.1. The van der Waals surface area contributed by atoms with Gasteiger partial charge in [0.2, 0.25) is 0 Å². The first-order valence-corrected chi connectivity index (χ1v) is 13.5. The average Bonchev–Trinajstić information content (AvgIpc) is 3.38. The lowest BCUT2D eigenvalue weighted by atomic mass is 9.90. The number of benzene rings is 1. The van der Waals surface area contributed by atoms with E-state index in [1.165, 1.54) is 38.6 Å². The minimum Gasteiger partial charge on any atom is -0.308 e. The highest BCUT2D eigenvalue weighted by Crippen LogP contribution is 2.34. The number of nitrogens with zero attached hydrogens (tertiary/aromatic N) is 3. The summed E-state index contributed by atoms with van der Waals surface area (Å²) >= 11 is 1.91. The van der Waals surface area contributed by atoms with Crippen LogP contribution >= 0.6 is 11.3 Å². The van der Waals surface area contributed by atoms with Crippen LogP contribution in [0, 0.1) is 0 Å². The summed E-state index contributed by atoms with van der Waals surface area (Å²) in [5.74, 6) is 0. The summed E-state index contributed by atoms with van der Waals surface area (Å²) in [6.45, 7) is 5.74. The van der Waals surface area contributed by atoms with Crippen LogP contribution in [-0.4, -0.2) is 14.9 Å². The Morgan fingerprint density at radius 1 is 0.857 bits per heavy atom. The van der Waals surface area contributed by atoms with E-state index in [9.17, 15) is 0 Å². The molecule has 0 spiro atoms. The number of aromatic nitrogens is 2. The van der Waals surface area contributed by atoms with Gasteiger partial charge in [-0.15, -0.1) is 11.3 Å². The molecule has 0 bridgehead atoms. The van der Waals surface area contributed by atoms with Gasteiger partial charge in [0.05, 0.1) is 17.4 Å². The molecular formula is C30H34N4S. The highest BCUT2D eigenvalue weighted by molar-refractivity contribution is 7.11. The van der Waals surface area contributed by atoms with Gasteiger partial charge in [-0.1, -0.05) is 43.3 Å². The SMILES string of the molecule is CCc1ccc(CNCc2ccc(CN(Cc3ccccn3)C3CCCc4cccnc43)cc2)s1. The van der Waals surface area contributed by atoms with E-state index in [2.05, 4.69) is 82.8 Å². The molecule has 5 rings (SSSR count). The third-order valence-electron chi connectivity index (χ3n) is 6.80. The van der Waals surface area contributed by atoms with Crippen LogP contribution in [0.1, 0.15) is 63.6 Å². The lowest BCUT2D eigenvalue weighted by Crippen LogP contribution is -2.31. The largest absolute Gasteiger partial charge is 0.308 e. The van der Waals surface area contributed by atoms with E-state index in [-0.39, 0.29) is 0 Å². The van der Waals surface area contributed by atoms with Crippen LogP contribution in [0.3, 0.4) is 0 Å². The Morgan fingerprint density at radius 3 is 2.49 bits per heavy atom. The number of hydrogen-bond acceptors (Lipinski definition) is 5. The number of fused-ring (bicyclic) bond motifs is 1. The second kappa shape index (κ2) is 11.7. The Bertz CT molecular complexity index is 1200. The summed E-state index contributed by atoms with van der Waals surface area (Å²) in [5.41, 5.74) is 6.40. The molecule has 35 heavy (non-hydrogen) atoms. The van der Waals surface area contributed by atoms with Crippen molar-refractivity contribution in [3.63, 3.8) is 0 Å². The van der Waals surface area contributed by atoms with E-state index in [4.69, 9.17) is 4.98 Å². The molecular weight excluding hydrogens is 448 g/mol. The molecule has 1 aliphatic carbocycles. The van der Waals surface area contributed by atoms with Gasteiger partial charge >= 0.3 is 0 Å². The van der Waals surface area contributed by atoms with Crippen molar-refractivity contribution < 1.29 is 0 Å². The van der Waals surface area contributed by atoms with Gasteiger partial charge in [-0.25, -0.2) is 0 Å². The van der Waals surface area contributed by atoms with Crippen molar-refractivity contribution in [1.29, 1.82) is 0 Å². The summed E-state index contributed by atoms with van der Waals surface area (Å²) in [5, 5.41) is 3.59. The molecule has 180 valence electrons. The van der Waals surface area contributed by atoms with Crippen molar-refractivity contribution >= 4 is 11.3 Å². The Balaban J connectivity index is 1.26. The third kappa shape index (κ3) is 6.23. The molecule has 4 nitrogen and oxygen atoms in total. The molecule has 4 aromatic rings. The standard InChI is InChI=1S/C30H34N4S/c1-2-27-15-16-28(35-27)20-31-19-23-11-13-24(14-12-23)21-34(22-26-9-3-4-17-32-26)29-10-5-7-25-8-6-18-33-30(25)29/h3-4,6,8-9,11-18,29,31H,2,5,7,10,19-22H2,1H3. The van der Waals surface area contributed by atoms with E-state index < -0.39 is 0 Å². The number of pyridine rings is 2. The van der Waals surface area contributed by atoms with Crippen molar-refractivity contribution in [2.24, 2.45) is 0 Å². The molecule has 0 radical (unpaired) electrons. The number of thiophene rings is 1. The van der Waals surface area contributed by atoms with Crippen LogP contribution in [0.2, 0.25) is 0 Å². The van der Waals surface area contributed by atoms with E-state index in [1.807, 2.05) is 29.8 Å². The smallest absolute Gasteiger partial charge is 0.0607 e. The van der Waals surface area contributed by atoms with Gasteiger partial charge in [0.25, 0.3) is 0 Å². The maximum Gasteiger partial charge on any atom is 0.0607 e. The van der Waals surface area contributed by atoms with Crippen LogP contribution in [0.5, 0.6) is 0 Å². The second-order valence-corrected chi connectivity index (χ2v) is 10.6. The van der Waals surface area contributed by atoms with Gasteiger partial charge in [0.15, 0.2) is 0 Å². The molecule has 1 aliphatic rings. The molecule has 1 unspecified atom stereocenters. The Labute approximate surface area is 213 Å². The summed E-state index contributed by atoms with van der Waals surface area (Å²) in [4.78, 5) is 14.9. The van der Waals surface area contributed by atoms with Crippen LogP contribution < -0.4 is 5.32 Å². The summed E-state index contributed by atoms with van der Waals surface area (Å²) < 4.78 is 0. The van der Waals surface area contributed by atoms with Gasteiger partial charge in [-0.3, -0.25) is 14.9 Å². The zero-order valence-corrected chi connectivity index (χ0v) is 21.3. The van der Waals surface area contributed by atoms with Gasteiger partial charge in [-0.05, 0) is 72.7 Å². The van der Waals surface area contributed by atoms with E-state index in [0.717, 1.165) is 51.1 Å². The molecule has 0 amide bonds. The van der Waals surface area contributed by atoms with Crippen molar-refractivity contribution in [3.05, 3.63) is 117 Å². The molecule has 0 aliphatic heterocycles. The van der Waals surface area contributed by atoms with Crippen molar-refractivity contribution in [2.75, 3.05) is 0 Å². The molecule has 1 N–H and O–H groups in total. The zero-order valence-electron chi connectivity index (χ0n) is 20.5. The van der Waals surface area contributed by atoms with Crippen LogP contribution in [0.4, 0.5) is 0 Å². The maximum atomic E-state index is 4.82. The molecule has 3 heterocycles. The highest BCUT2D eigenvalue weighted by Gasteiger charge is 2.27. The van der Waals surface area contributed by atoms with Crippen molar-refractivity contribution in [2.45, 2.75) is 64.8 Å². The summed E-state index contributed by atoms with van der Waals surface area (Å²) in [6.07, 6.45) is 8.42. The molecule has 0 saturated heterocycles. The first kappa shape index (κ1) is 23.9. The quantitative estimate of drug-likeness (QED) is 0.281. The first-order chi connectivity index (χ1) is 17.3. The Morgan fingerprint density at radius 2 is 1.69 bits per heavy atom. The normalized spacial score (nSPS) is 15.3. The number of nitrogens with one attached hydrogen (secondary N) is 1. The van der Waals surface area contributed by atoms with E-state index in [0.29, 0.717) is 6.04 Å². The summed E-state index contributed by atoms with van der Waals surface area (Å²) in [6, 6.07) is 24.4. The molecule has 1 atom stereocenters. The second-order valence-electron chi connectivity index (χ2n) is 9.32. The minimum absolute atomic E-state index is 0.321. The summed E-state index contributed by atoms with van der Waals surface area (Å²) in [7, 11) is 0. The topological polar surface area (TPSA) is 41.0 Å². The fourth-order valence-corrected chi connectivity index (χ4v) is 5.88. The number of rotatable bonds is 10. The predicted octanol–water partition coefficient (Wildman–Crippen LogP) is 6.47. The molecule has 1 aromatic carbocycles. The zero-order chi connectivity index (χ0) is 23.9. The number of hydrogen-bond donors (Lipinski definition) is 1. The van der Waals surface area contributed by atoms with E-state index in [1.54, 1.807) is 0 Å². The Hall–Kier alpha value is -2.86. The maximum absolute atomic E-state index is 4.82. The molecule has 0 saturated carbocycles. The van der Waals surface area contributed by atoms with Crippen LogP contribution in [-0.2, 0) is 39.0 Å². The van der Waals surface area contributed by atoms with Gasteiger partial charge < -0.3 is 5.32 Å². The minimum atomic E-state index is 0.321. The fraction of sp³-hybridized carbons (Fsp3) is 0.333. The van der Waals surface area contributed by atoms with E-state index >= 15 is 0 Å². The van der Waals surface area contributed by atoms with Gasteiger partial charge in [0.1, 0.15) is 0 Å². The predicted molar refractivity (Wildman–Crippen MR) is 144 cm³/mol. The van der Waals surface area contributed by atoms with Gasteiger partial charge in [-0.2, -0.15) is 0 Å². The molecule has 5 heteroatoms. The van der Waals surface area contributed by atoms with Crippen LogP contribution in [0.15, 0.2) is 79.1 Å². The first-order valence-electron chi connectivity index (χ1n) is 12.7. The van der Waals surface area contributed by atoms with Crippen molar-refractivity contribution in [3.8, 4) is 0 Å². The molecule has 3 aromatic heterocycles. The average molecular weight is 483 g/mol. The fourth-order valence-electron chi connectivity index (χ4n) is 4.95. The monoisotopic (exact) mass is 482 g/mol. The van der Waals surface area contributed by atoms with Crippen molar-refractivity contribution in [1.82, 2.24) is 20.2 Å².